The van der Waals surface area contributed by atoms with Gasteiger partial charge in [0.05, 0.1) is 0 Å². The molecule has 2 atom stereocenters. The summed E-state index contributed by atoms with van der Waals surface area (Å²) in [6, 6.07) is 6.32. The van der Waals surface area contributed by atoms with Crippen molar-refractivity contribution in [3.05, 3.63) is 34.1 Å². The van der Waals surface area contributed by atoms with E-state index in [1.54, 1.807) is 6.07 Å². The Balaban J connectivity index is 1.95. The van der Waals surface area contributed by atoms with Crippen molar-refractivity contribution in [1.82, 2.24) is 5.32 Å². The highest BCUT2D eigenvalue weighted by Crippen LogP contribution is 2.23. The Morgan fingerprint density at radius 2 is 2.12 bits per heavy atom. The van der Waals surface area contributed by atoms with E-state index in [4.69, 9.17) is 0 Å². The van der Waals surface area contributed by atoms with Gasteiger partial charge in [-0.3, -0.25) is 0 Å². The van der Waals surface area contributed by atoms with Crippen LogP contribution in [0.3, 0.4) is 0 Å². The van der Waals surface area contributed by atoms with E-state index in [1.165, 1.54) is 18.9 Å². The van der Waals surface area contributed by atoms with Crippen LogP contribution < -0.4 is 5.32 Å². The number of benzene rings is 1. The highest BCUT2D eigenvalue weighted by Gasteiger charge is 2.25. The highest BCUT2D eigenvalue weighted by molar-refractivity contribution is 9.10. The Labute approximate surface area is 111 Å². The lowest BCUT2D eigenvalue weighted by Gasteiger charge is -2.21. The van der Waals surface area contributed by atoms with Gasteiger partial charge in [0.15, 0.2) is 0 Å². The lowest BCUT2D eigenvalue weighted by Crippen LogP contribution is -2.34. The number of halogens is 2. The molecule has 0 saturated heterocycles. The van der Waals surface area contributed by atoms with Crippen LogP contribution >= 0.6 is 15.9 Å². The van der Waals surface area contributed by atoms with E-state index in [1.807, 2.05) is 6.07 Å². The second-order valence-corrected chi connectivity index (χ2v) is 6.06. The van der Waals surface area contributed by atoms with E-state index in [2.05, 4.69) is 35.1 Å². The van der Waals surface area contributed by atoms with Crippen molar-refractivity contribution >= 4 is 15.9 Å². The molecule has 3 heteroatoms. The number of hydrogen-bond acceptors (Lipinski definition) is 1. The third kappa shape index (κ3) is 3.78. The maximum atomic E-state index is 13.6. The first kappa shape index (κ1) is 13.0. The van der Waals surface area contributed by atoms with E-state index in [-0.39, 0.29) is 5.82 Å². The van der Waals surface area contributed by atoms with Gasteiger partial charge >= 0.3 is 0 Å². The van der Waals surface area contributed by atoms with Crippen LogP contribution in [0.15, 0.2) is 22.7 Å². The summed E-state index contributed by atoms with van der Waals surface area (Å²) in [7, 11) is 0. The monoisotopic (exact) mass is 299 g/mol. The van der Waals surface area contributed by atoms with E-state index >= 15 is 0 Å². The van der Waals surface area contributed by atoms with Gasteiger partial charge in [-0.1, -0.05) is 22.9 Å². The number of hydrogen-bond donors (Lipinski definition) is 1. The molecule has 1 fully saturated rings. The molecule has 0 amide bonds. The Morgan fingerprint density at radius 3 is 2.76 bits per heavy atom. The summed E-state index contributed by atoms with van der Waals surface area (Å²) < 4.78 is 14.6. The molecule has 2 rings (SSSR count). The van der Waals surface area contributed by atoms with Gasteiger partial charge in [0.1, 0.15) is 5.82 Å². The van der Waals surface area contributed by atoms with Crippen molar-refractivity contribution in [2.24, 2.45) is 5.92 Å². The van der Waals surface area contributed by atoms with Crippen LogP contribution in [0, 0.1) is 11.7 Å². The molecule has 0 aliphatic heterocycles. The molecule has 1 aromatic carbocycles. The second kappa shape index (κ2) is 5.49. The largest absolute Gasteiger partial charge is 0.311 e. The van der Waals surface area contributed by atoms with E-state index in [9.17, 15) is 4.39 Å². The lowest BCUT2D eigenvalue weighted by atomic mass is 9.94. The van der Waals surface area contributed by atoms with Crippen LogP contribution in [-0.2, 0) is 6.42 Å². The van der Waals surface area contributed by atoms with Gasteiger partial charge in [0.2, 0.25) is 0 Å². The second-order valence-electron chi connectivity index (χ2n) is 5.15. The van der Waals surface area contributed by atoms with Crippen molar-refractivity contribution in [2.45, 2.75) is 45.2 Å². The van der Waals surface area contributed by atoms with Crippen LogP contribution in [0.4, 0.5) is 4.39 Å². The average Bonchev–Trinajstić information content (AvgIpc) is 3.07. The Bertz CT molecular complexity index is 390. The molecule has 1 nitrogen and oxygen atoms in total. The summed E-state index contributed by atoms with van der Waals surface area (Å²) in [6.07, 6.45) is 3.37. The van der Waals surface area contributed by atoms with Crippen molar-refractivity contribution in [2.75, 3.05) is 0 Å². The van der Waals surface area contributed by atoms with Crippen LogP contribution in [0.1, 0.15) is 32.3 Å². The summed E-state index contributed by atoms with van der Waals surface area (Å²) in [5, 5.41) is 3.57. The lowest BCUT2D eigenvalue weighted by molar-refractivity contribution is 0.391. The first-order valence-corrected chi connectivity index (χ1v) is 7.05. The number of rotatable bonds is 5. The maximum Gasteiger partial charge on any atom is 0.126 e. The summed E-state index contributed by atoms with van der Waals surface area (Å²) in [5.41, 5.74) is 0.802. The topological polar surface area (TPSA) is 12.0 Å². The summed E-state index contributed by atoms with van der Waals surface area (Å²) in [5.74, 6) is 0.345. The van der Waals surface area contributed by atoms with Crippen LogP contribution in [-0.4, -0.2) is 12.1 Å². The normalized spacial score (nSPS) is 19.1. The molecule has 0 spiro atoms. The third-order valence-electron chi connectivity index (χ3n) is 3.48. The molecule has 0 radical (unpaired) electrons. The van der Waals surface area contributed by atoms with Crippen LogP contribution in [0.2, 0.25) is 0 Å². The standard InChI is InChI=1S/C14H19BrFN/c1-9(10(2)17-13-4-5-13)7-11-8-12(15)3-6-14(11)16/h3,6,8-10,13,17H,4-5,7H2,1-2H3. The van der Waals surface area contributed by atoms with Gasteiger partial charge in [0, 0.05) is 16.6 Å². The van der Waals surface area contributed by atoms with Gasteiger partial charge < -0.3 is 5.32 Å². The fourth-order valence-electron chi connectivity index (χ4n) is 2.01. The third-order valence-corrected chi connectivity index (χ3v) is 3.97. The minimum Gasteiger partial charge on any atom is -0.311 e. The molecule has 0 bridgehead atoms. The van der Waals surface area contributed by atoms with E-state index < -0.39 is 0 Å². The molecular weight excluding hydrogens is 281 g/mol. The molecule has 0 heterocycles. The maximum absolute atomic E-state index is 13.6. The minimum absolute atomic E-state index is 0.0985. The highest BCUT2D eigenvalue weighted by atomic mass is 79.9. The van der Waals surface area contributed by atoms with E-state index in [0.717, 1.165) is 16.5 Å². The first-order valence-electron chi connectivity index (χ1n) is 6.26. The predicted molar refractivity (Wildman–Crippen MR) is 72.6 cm³/mol. The zero-order valence-electron chi connectivity index (χ0n) is 10.3. The zero-order chi connectivity index (χ0) is 12.4. The smallest absolute Gasteiger partial charge is 0.126 e. The fourth-order valence-corrected chi connectivity index (χ4v) is 2.42. The van der Waals surface area contributed by atoms with Crippen molar-refractivity contribution in [1.29, 1.82) is 0 Å². The SMILES string of the molecule is CC(Cc1cc(Br)ccc1F)C(C)NC1CC1. The molecule has 1 N–H and O–H groups in total. The average molecular weight is 300 g/mol. The van der Waals surface area contributed by atoms with Gasteiger partial charge in [0.25, 0.3) is 0 Å². The van der Waals surface area contributed by atoms with E-state index in [0.29, 0.717) is 18.0 Å². The van der Waals surface area contributed by atoms with Gasteiger partial charge in [-0.2, -0.15) is 0 Å². The fraction of sp³-hybridized carbons (Fsp3) is 0.571. The Morgan fingerprint density at radius 1 is 1.41 bits per heavy atom. The summed E-state index contributed by atoms with van der Waals surface area (Å²) in [6.45, 7) is 4.37. The molecular formula is C14H19BrFN. The minimum atomic E-state index is -0.0985. The summed E-state index contributed by atoms with van der Waals surface area (Å²) in [4.78, 5) is 0. The van der Waals surface area contributed by atoms with Crippen molar-refractivity contribution < 1.29 is 4.39 Å². The van der Waals surface area contributed by atoms with Crippen molar-refractivity contribution in [3.63, 3.8) is 0 Å². The molecule has 1 aliphatic rings. The first-order chi connectivity index (χ1) is 8.06. The predicted octanol–water partition coefficient (Wildman–Crippen LogP) is 3.91. The van der Waals surface area contributed by atoms with Crippen molar-refractivity contribution in [3.8, 4) is 0 Å². The van der Waals surface area contributed by atoms with Crippen LogP contribution in [0.25, 0.3) is 0 Å². The summed E-state index contributed by atoms with van der Waals surface area (Å²) >= 11 is 3.39. The molecule has 1 aliphatic carbocycles. The Hall–Kier alpha value is -0.410. The molecule has 94 valence electrons. The number of nitrogens with one attached hydrogen (secondary N) is 1. The van der Waals surface area contributed by atoms with Gasteiger partial charge in [-0.05, 0) is 55.9 Å². The Kier molecular flexibility index (Phi) is 4.21. The molecule has 2 unspecified atom stereocenters. The molecule has 1 aromatic rings. The molecule has 1 saturated carbocycles. The molecule has 0 aromatic heterocycles. The zero-order valence-corrected chi connectivity index (χ0v) is 11.9. The molecule has 17 heavy (non-hydrogen) atoms. The van der Waals surface area contributed by atoms with Gasteiger partial charge in [-0.25, -0.2) is 4.39 Å². The van der Waals surface area contributed by atoms with Gasteiger partial charge in [-0.15, -0.1) is 0 Å². The quantitative estimate of drug-likeness (QED) is 0.869. The van der Waals surface area contributed by atoms with Crippen LogP contribution in [0.5, 0.6) is 0 Å².